The van der Waals surface area contributed by atoms with E-state index in [4.69, 9.17) is 5.26 Å². The summed E-state index contributed by atoms with van der Waals surface area (Å²) in [5.74, 6) is -0.978. The minimum Gasteiger partial charge on any atom is -0.298 e. The van der Waals surface area contributed by atoms with Gasteiger partial charge >= 0.3 is 6.18 Å². The van der Waals surface area contributed by atoms with Gasteiger partial charge in [0.25, 0.3) is 0 Å². The van der Waals surface area contributed by atoms with Crippen molar-refractivity contribution >= 4 is 5.78 Å². The van der Waals surface area contributed by atoms with E-state index >= 15 is 0 Å². The van der Waals surface area contributed by atoms with Gasteiger partial charge in [-0.05, 0) is 12.8 Å². The van der Waals surface area contributed by atoms with Crippen LogP contribution in [0.25, 0.3) is 0 Å². The van der Waals surface area contributed by atoms with Crippen LogP contribution in [0.3, 0.4) is 0 Å². The van der Waals surface area contributed by atoms with Gasteiger partial charge < -0.3 is 0 Å². The quantitative estimate of drug-likeness (QED) is 0.588. The molecule has 0 heterocycles. The molecule has 0 saturated heterocycles. The molecule has 1 rings (SSSR count). The summed E-state index contributed by atoms with van der Waals surface area (Å²) in [6, 6.07) is 1.13. The number of carbonyl (C=O) groups excluding carboxylic acids is 1. The third-order valence-electron chi connectivity index (χ3n) is 2.36. The molecule has 1 saturated carbocycles. The van der Waals surface area contributed by atoms with Crippen LogP contribution in [0.1, 0.15) is 25.7 Å². The lowest BCUT2D eigenvalue weighted by molar-refractivity contribution is -0.208. The smallest absolute Gasteiger partial charge is 0.298 e. The average Bonchev–Trinajstić information content (AvgIpc) is 2.03. The van der Waals surface area contributed by atoms with E-state index in [9.17, 15) is 18.0 Å². The van der Waals surface area contributed by atoms with Gasteiger partial charge in [0.15, 0.2) is 5.78 Å². The number of rotatable bonds is 0. The van der Waals surface area contributed by atoms with Gasteiger partial charge in [0.1, 0.15) is 0 Å². The molecule has 5 heteroatoms. The van der Waals surface area contributed by atoms with Crippen LogP contribution < -0.4 is 0 Å². The first-order chi connectivity index (χ1) is 5.94. The normalized spacial score (nSPS) is 29.8. The largest absolute Gasteiger partial charge is 0.414 e. The Kier molecular flexibility index (Phi) is 2.33. The molecule has 0 amide bonds. The Bertz CT molecular complexity index is 266. The third kappa shape index (κ3) is 1.41. The second kappa shape index (κ2) is 3.02. The summed E-state index contributed by atoms with van der Waals surface area (Å²) >= 11 is 0. The van der Waals surface area contributed by atoms with E-state index in [2.05, 4.69) is 0 Å². The summed E-state index contributed by atoms with van der Waals surface area (Å²) in [6.45, 7) is 0. The van der Waals surface area contributed by atoms with Crippen molar-refractivity contribution in [2.75, 3.05) is 0 Å². The molecule has 0 aromatic rings. The predicted molar refractivity (Wildman–Crippen MR) is 37.6 cm³/mol. The average molecular weight is 191 g/mol. The Morgan fingerprint density at radius 3 is 2.31 bits per heavy atom. The van der Waals surface area contributed by atoms with E-state index in [1.54, 1.807) is 0 Å². The van der Waals surface area contributed by atoms with Crippen LogP contribution in [0.5, 0.6) is 0 Å². The van der Waals surface area contributed by atoms with E-state index < -0.39 is 17.4 Å². The molecule has 0 aromatic carbocycles. The fourth-order valence-electron chi connectivity index (χ4n) is 1.51. The highest BCUT2D eigenvalue weighted by Crippen LogP contribution is 2.46. The molecule has 0 radical (unpaired) electrons. The summed E-state index contributed by atoms with van der Waals surface area (Å²) in [5, 5.41) is 8.46. The summed E-state index contributed by atoms with van der Waals surface area (Å²) in [5.41, 5.74) is -2.72. The highest BCUT2D eigenvalue weighted by molar-refractivity contribution is 5.89. The van der Waals surface area contributed by atoms with Crippen LogP contribution in [-0.4, -0.2) is 12.0 Å². The lowest BCUT2D eigenvalue weighted by Gasteiger charge is -2.30. The number of nitriles is 1. The van der Waals surface area contributed by atoms with Crippen molar-refractivity contribution in [3.63, 3.8) is 0 Å². The van der Waals surface area contributed by atoms with Gasteiger partial charge in [0, 0.05) is 6.42 Å². The van der Waals surface area contributed by atoms with E-state index in [-0.39, 0.29) is 12.8 Å². The molecule has 0 N–H and O–H groups in total. The summed E-state index contributed by atoms with van der Waals surface area (Å²) in [6.07, 6.45) is -4.49. The predicted octanol–water partition coefficient (Wildman–Crippen LogP) is 2.20. The fraction of sp³-hybridized carbons (Fsp3) is 0.750. The third-order valence-corrected chi connectivity index (χ3v) is 2.36. The van der Waals surface area contributed by atoms with Crippen molar-refractivity contribution < 1.29 is 18.0 Å². The molecule has 0 bridgehead atoms. The highest BCUT2D eigenvalue weighted by atomic mass is 19.4. The van der Waals surface area contributed by atoms with Gasteiger partial charge in [-0.25, -0.2) is 0 Å². The van der Waals surface area contributed by atoms with Crippen LogP contribution in [0.2, 0.25) is 0 Å². The molecule has 1 aliphatic rings. The van der Waals surface area contributed by atoms with Crippen LogP contribution >= 0.6 is 0 Å². The van der Waals surface area contributed by atoms with Crippen molar-refractivity contribution in [1.82, 2.24) is 0 Å². The van der Waals surface area contributed by atoms with Crippen molar-refractivity contribution in [1.29, 1.82) is 5.26 Å². The molecule has 72 valence electrons. The molecular weight excluding hydrogens is 183 g/mol. The zero-order chi connectivity index (χ0) is 10.1. The number of alkyl halides is 3. The van der Waals surface area contributed by atoms with Crippen molar-refractivity contribution in [2.24, 2.45) is 5.41 Å². The number of hydrogen-bond donors (Lipinski definition) is 0. The maximum absolute atomic E-state index is 12.4. The molecule has 1 aliphatic carbocycles. The van der Waals surface area contributed by atoms with Crippen molar-refractivity contribution in [3.8, 4) is 6.07 Å². The number of ketones is 1. The Morgan fingerprint density at radius 1 is 1.38 bits per heavy atom. The summed E-state index contributed by atoms with van der Waals surface area (Å²) < 4.78 is 37.2. The Morgan fingerprint density at radius 2 is 2.00 bits per heavy atom. The van der Waals surface area contributed by atoms with Gasteiger partial charge in [-0.1, -0.05) is 6.42 Å². The summed E-state index contributed by atoms with van der Waals surface area (Å²) in [4.78, 5) is 11.1. The van der Waals surface area contributed by atoms with Crippen LogP contribution in [0.15, 0.2) is 0 Å². The second-order valence-electron chi connectivity index (χ2n) is 3.15. The minimum atomic E-state index is -4.72. The van der Waals surface area contributed by atoms with Crippen LogP contribution in [0.4, 0.5) is 13.2 Å². The molecule has 1 fully saturated rings. The molecule has 0 spiro atoms. The van der Waals surface area contributed by atoms with Gasteiger partial charge in [-0.2, -0.15) is 18.4 Å². The van der Waals surface area contributed by atoms with Gasteiger partial charge in [0.05, 0.1) is 6.07 Å². The lowest BCUT2D eigenvalue weighted by atomic mass is 9.73. The molecular formula is C8H8F3NO. The van der Waals surface area contributed by atoms with Gasteiger partial charge in [-0.15, -0.1) is 0 Å². The number of nitrogens with zero attached hydrogens (tertiary/aromatic N) is 1. The monoisotopic (exact) mass is 191 g/mol. The fourth-order valence-corrected chi connectivity index (χ4v) is 1.51. The van der Waals surface area contributed by atoms with E-state index in [1.807, 2.05) is 0 Å². The molecule has 1 unspecified atom stereocenters. The molecule has 13 heavy (non-hydrogen) atoms. The standard InChI is InChI=1S/C8H8F3NO/c9-8(10,11)7(5-12)4-2-1-3-6(7)13/h1-4H2. The minimum absolute atomic E-state index is 0.132. The van der Waals surface area contributed by atoms with Crippen LogP contribution in [-0.2, 0) is 4.79 Å². The maximum Gasteiger partial charge on any atom is 0.414 e. The van der Waals surface area contributed by atoms with Crippen molar-refractivity contribution in [2.45, 2.75) is 31.9 Å². The number of carbonyl (C=O) groups is 1. The van der Waals surface area contributed by atoms with Crippen LogP contribution in [0, 0.1) is 16.7 Å². The zero-order valence-electron chi connectivity index (χ0n) is 6.82. The summed E-state index contributed by atoms with van der Waals surface area (Å²) in [7, 11) is 0. The Hall–Kier alpha value is -1.05. The number of halogens is 3. The highest BCUT2D eigenvalue weighted by Gasteiger charge is 2.60. The van der Waals surface area contributed by atoms with Gasteiger partial charge in [-0.3, -0.25) is 4.79 Å². The van der Waals surface area contributed by atoms with Gasteiger partial charge in [0.2, 0.25) is 5.41 Å². The molecule has 2 nitrogen and oxygen atoms in total. The van der Waals surface area contributed by atoms with Crippen molar-refractivity contribution in [3.05, 3.63) is 0 Å². The van der Waals surface area contributed by atoms with E-state index in [0.29, 0.717) is 12.8 Å². The first-order valence-electron chi connectivity index (χ1n) is 3.95. The second-order valence-corrected chi connectivity index (χ2v) is 3.15. The van der Waals surface area contributed by atoms with E-state index in [1.165, 1.54) is 0 Å². The first-order valence-corrected chi connectivity index (χ1v) is 3.95. The Balaban J connectivity index is 3.05. The number of hydrogen-bond acceptors (Lipinski definition) is 2. The first kappa shape index (κ1) is 10.0. The molecule has 0 aliphatic heterocycles. The molecule has 1 atom stereocenters. The van der Waals surface area contributed by atoms with E-state index in [0.717, 1.165) is 6.07 Å². The zero-order valence-corrected chi connectivity index (χ0v) is 6.82. The Labute approximate surface area is 73.3 Å². The number of Topliss-reactive ketones (excluding diaryl/α,β-unsaturated/α-hetero) is 1. The lowest BCUT2D eigenvalue weighted by Crippen LogP contribution is -2.45. The topological polar surface area (TPSA) is 40.9 Å². The SMILES string of the molecule is N#CC1(C(F)(F)F)CCCCC1=O. The maximum atomic E-state index is 12.4. The molecule has 0 aromatic heterocycles.